The summed E-state index contributed by atoms with van der Waals surface area (Å²) in [6.45, 7) is 15.4. The molecule has 0 heterocycles. The van der Waals surface area contributed by atoms with Crippen molar-refractivity contribution in [2.75, 3.05) is 26.2 Å². The van der Waals surface area contributed by atoms with Gasteiger partial charge in [-0.05, 0) is 208 Å². The zero-order valence-corrected chi connectivity index (χ0v) is 45.7. The molecule has 1 aromatic rings. The number of fused-ring (bicyclic) bond motifs is 10. The van der Waals surface area contributed by atoms with Gasteiger partial charge in [0.25, 0.3) is 0 Å². The van der Waals surface area contributed by atoms with Gasteiger partial charge in [-0.15, -0.1) is 0 Å². The molecule has 0 saturated heterocycles. The molecule has 0 radical (unpaired) electrons. The minimum Gasteiger partial charge on any atom is -0.459 e. The number of nitrogens with one attached hydrogen (secondary N) is 2. The van der Waals surface area contributed by atoms with Crippen molar-refractivity contribution in [1.82, 2.24) is 10.6 Å². The second-order valence-electron chi connectivity index (χ2n) is 26.7. The van der Waals surface area contributed by atoms with Crippen LogP contribution in [0, 0.1) is 92.7 Å². The van der Waals surface area contributed by atoms with Crippen molar-refractivity contribution in [1.29, 1.82) is 0 Å². The van der Waals surface area contributed by atoms with Crippen LogP contribution in [0.15, 0.2) is 24.3 Å². The van der Waals surface area contributed by atoms with E-state index in [1.165, 1.54) is 0 Å². The number of ether oxygens (including phenoxy) is 2. The molecule has 2 amide bonds. The van der Waals surface area contributed by atoms with Crippen molar-refractivity contribution >= 4 is 23.8 Å². The highest BCUT2D eigenvalue weighted by molar-refractivity contribution is 6.03. The van der Waals surface area contributed by atoms with Crippen LogP contribution in [0.1, 0.15) is 178 Å². The van der Waals surface area contributed by atoms with Gasteiger partial charge < -0.3 is 52.0 Å². The Morgan fingerprint density at radius 1 is 0.581 bits per heavy atom. The third-order valence-corrected chi connectivity index (χ3v) is 23.5. The van der Waals surface area contributed by atoms with Gasteiger partial charge in [0.15, 0.2) is 0 Å². The maximum Gasteiger partial charge on any atom is 0.339 e. The molecule has 0 aliphatic heterocycles. The molecule has 414 valence electrons. The molecule has 22 unspecified atom stereocenters. The van der Waals surface area contributed by atoms with Crippen LogP contribution in [-0.4, -0.2) is 107 Å². The molecule has 8 saturated carbocycles. The van der Waals surface area contributed by atoms with E-state index in [-0.39, 0.29) is 128 Å². The number of nitrogens with two attached hydrogens (primary N) is 2. The fourth-order valence-electron chi connectivity index (χ4n) is 19.4. The van der Waals surface area contributed by atoms with Crippen molar-refractivity contribution in [2.24, 2.45) is 104 Å². The normalized spacial score (nSPS) is 43.9. The topological polar surface area (TPSA) is 244 Å². The van der Waals surface area contributed by atoms with Crippen LogP contribution in [0.4, 0.5) is 0 Å². The Hall–Kier alpha value is -3.14. The van der Waals surface area contributed by atoms with Gasteiger partial charge in [0.1, 0.15) is 12.2 Å². The van der Waals surface area contributed by atoms with E-state index in [2.05, 4.69) is 52.2 Å². The first kappa shape index (κ1) is 55.6. The van der Waals surface area contributed by atoms with E-state index in [0.717, 1.165) is 51.4 Å². The zero-order chi connectivity index (χ0) is 53.1. The van der Waals surface area contributed by atoms with E-state index < -0.39 is 36.4 Å². The molecule has 10 N–H and O–H groups in total. The van der Waals surface area contributed by atoms with Crippen LogP contribution < -0.4 is 22.1 Å². The number of hydrogen-bond donors (Lipinski definition) is 8. The number of carbonyl (C=O) groups excluding carboxylic acids is 4. The number of aliphatic hydroxyl groups excluding tert-OH is 4. The highest BCUT2D eigenvalue weighted by Crippen LogP contribution is 2.70. The summed E-state index contributed by atoms with van der Waals surface area (Å²) in [7, 11) is 0. The largest absolute Gasteiger partial charge is 0.459 e. The Kier molecular flexibility index (Phi) is 16.5. The van der Waals surface area contributed by atoms with Crippen molar-refractivity contribution in [3.63, 3.8) is 0 Å². The number of esters is 2. The molecule has 0 aromatic heterocycles. The minimum absolute atomic E-state index is 0.0178. The van der Waals surface area contributed by atoms with Crippen molar-refractivity contribution < 1.29 is 49.1 Å². The summed E-state index contributed by atoms with van der Waals surface area (Å²) in [5.41, 5.74) is 10.6. The molecule has 22 atom stereocenters. The third-order valence-electron chi connectivity index (χ3n) is 23.5. The second kappa shape index (κ2) is 21.9. The molecule has 8 fully saturated rings. The number of amides is 2. The van der Waals surface area contributed by atoms with Crippen LogP contribution in [0.5, 0.6) is 0 Å². The standard InChI is InChI=1S/C60H94N4O10/c1-33(11-17-51(69)63-25-23-61)41-13-15-43-53-45(31-49(67)59(41,43)5)57(3)21-19-37(27-35(57)29-47(53)65)73-55(71)39-9-7-8-10-40(39)56(72)74-38-20-22-58(4)36(28-38)30-48(66)54-44-16-14-42(60(44,6)50(68)32-46(54)58)34(2)12-18-52(70)64-26-24-62/h7-10,33-38,41-50,53-54,65-68H,11-32,61-62H2,1-6H3,(H,63,69)(H,64,70). The second-order valence-corrected chi connectivity index (χ2v) is 26.7. The van der Waals surface area contributed by atoms with Crippen LogP contribution in [0.3, 0.4) is 0 Å². The fourth-order valence-corrected chi connectivity index (χ4v) is 19.4. The highest BCUT2D eigenvalue weighted by Gasteiger charge is 2.68. The average Bonchev–Trinajstić information content (AvgIpc) is 3.94. The Balaban J connectivity index is 0.799. The quantitative estimate of drug-likeness (QED) is 0.0787. The van der Waals surface area contributed by atoms with Gasteiger partial charge in [-0.1, -0.05) is 53.7 Å². The van der Waals surface area contributed by atoms with Gasteiger partial charge in [-0.25, -0.2) is 9.59 Å². The molecule has 0 spiro atoms. The summed E-state index contributed by atoms with van der Waals surface area (Å²) in [6.07, 6.45) is 10.1. The summed E-state index contributed by atoms with van der Waals surface area (Å²) in [5, 5.41) is 54.3. The lowest BCUT2D eigenvalue weighted by Gasteiger charge is -2.63. The van der Waals surface area contributed by atoms with Crippen LogP contribution in [0.25, 0.3) is 0 Å². The van der Waals surface area contributed by atoms with E-state index in [1.807, 2.05) is 0 Å². The number of benzene rings is 1. The van der Waals surface area contributed by atoms with Crippen molar-refractivity contribution in [3.05, 3.63) is 35.4 Å². The molecule has 14 nitrogen and oxygen atoms in total. The molecular weight excluding hydrogens is 937 g/mol. The predicted molar refractivity (Wildman–Crippen MR) is 282 cm³/mol. The van der Waals surface area contributed by atoms with Gasteiger partial charge in [0.2, 0.25) is 11.8 Å². The lowest BCUT2D eigenvalue weighted by Crippen LogP contribution is -2.62. The van der Waals surface area contributed by atoms with Gasteiger partial charge in [-0.3, -0.25) is 9.59 Å². The first-order valence-corrected chi connectivity index (χ1v) is 29.4. The summed E-state index contributed by atoms with van der Waals surface area (Å²) in [4.78, 5) is 53.2. The summed E-state index contributed by atoms with van der Waals surface area (Å²) in [6, 6.07) is 6.76. The average molecular weight is 1030 g/mol. The van der Waals surface area contributed by atoms with Gasteiger partial charge in [-0.2, -0.15) is 0 Å². The number of hydrogen-bond acceptors (Lipinski definition) is 12. The summed E-state index contributed by atoms with van der Waals surface area (Å²) < 4.78 is 12.6. The Labute approximate surface area is 441 Å². The Morgan fingerprint density at radius 2 is 0.973 bits per heavy atom. The smallest absolute Gasteiger partial charge is 0.339 e. The molecule has 1 aromatic carbocycles. The highest BCUT2D eigenvalue weighted by atomic mass is 16.6. The van der Waals surface area contributed by atoms with E-state index in [9.17, 15) is 39.6 Å². The van der Waals surface area contributed by atoms with E-state index >= 15 is 0 Å². The van der Waals surface area contributed by atoms with Crippen molar-refractivity contribution in [2.45, 2.75) is 194 Å². The molecular formula is C60H94N4O10. The zero-order valence-electron chi connectivity index (χ0n) is 45.7. The number of rotatable bonds is 16. The monoisotopic (exact) mass is 1030 g/mol. The summed E-state index contributed by atoms with van der Waals surface area (Å²) >= 11 is 0. The molecule has 0 bridgehead atoms. The van der Waals surface area contributed by atoms with Crippen LogP contribution >= 0.6 is 0 Å². The van der Waals surface area contributed by atoms with Gasteiger partial charge >= 0.3 is 11.9 Å². The lowest BCUT2D eigenvalue weighted by atomic mass is 9.43. The molecule has 74 heavy (non-hydrogen) atoms. The van der Waals surface area contributed by atoms with Crippen LogP contribution in [-0.2, 0) is 19.1 Å². The van der Waals surface area contributed by atoms with E-state index in [1.54, 1.807) is 24.3 Å². The predicted octanol–water partition coefficient (Wildman–Crippen LogP) is 6.92. The maximum absolute atomic E-state index is 14.2. The maximum atomic E-state index is 14.2. The molecule has 9 rings (SSSR count). The first-order chi connectivity index (χ1) is 35.2. The first-order valence-electron chi connectivity index (χ1n) is 29.4. The SMILES string of the molecule is CC(CCC(=O)NCCN)C1CCC2C3C(O)CC4CC(OC(=O)c5ccccc5C(=O)OC5CCC6(C)C(C5)CC(O)C5C6CC(O)C6(C)C(C(C)CCC(=O)NCCN)CCC56)CCC4(C)C3CC(O)C12C. The minimum atomic E-state index is -0.552. The molecule has 8 aliphatic carbocycles. The lowest BCUT2D eigenvalue weighted by molar-refractivity contribution is -0.207. The molecule has 8 aliphatic rings. The number of carbonyl (C=O) groups is 4. The Bertz CT molecular complexity index is 2050. The van der Waals surface area contributed by atoms with Crippen LogP contribution in [0.2, 0.25) is 0 Å². The van der Waals surface area contributed by atoms with E-state index in [0.29, 0.717) is 90.4 Å². The fraction of sp³-hybridized carbons (Fsp3) is 0.833. The Morgan fingerprint density at radius 3 is 1.35 bits per heavy atom. The van der Waals surface area contributed by atoms with E-state index in [4.69, 9.17) is 20.9 Å². The van der Waals surface area contributed by atoms with Gasteiger partial charge in [0.05, 0.1) is 35.5 Å². The van der Waals surface area contributed by atoms with Crippen molar-refractivity contribution in [3.8, 4) is 0 Å². The summed E-state index contributed by atoms with van der Waals surface area (Å²) in [5.74, 6) is 1.000. The van der Waals surface area contributed by atoms with Gasteiger partial charge in [0, 0.05) is 39.0 Å². The molecule has 14 heteroatoms. The number of aliphatic hydroxyl groups is 4. The third kappa shape index (κ3) is 9.80.